The van der Waals surface area contributed by atoms with Gasteiger partial charge in [0, 0.05) is 24.7 Å². The van der Waals surface area contributed by atoms with E-state index >= 15 is 0 Å². The van der Waals surface area contributed by atoms with Crippen LogP contribution in [0.4, 0.5) is 5.69 Å². The predicted octanol–water partition coefficient (Wildman–Crippen LogP) is 6.04. The first kappa shape index (κ1) is 26.5. The van der Waals surface area contributed by atoms with E-state index in [2.05, 4.69) is 5.32 Å². The lowest BCUT2D eigenvalue weighted by Crippen LogP contribution is -2.49. The van der Waals surface area contributed by atoms with E-state index in [-0.39, 0.29) is 28.5 Å². The van der Waals surface area contributed by atoms with Gasteiger partial charge in [-0.25, -0.2) is 4.79 Å². The molecule has 1 saturated heterocycles. The van der Waals surface area contributed by atoms with Crippen molar-refractivity contribution in [2.24, 2.45) is 0 Å². The number of nitrogens with one attached hydrogen (secondary N) is 1. The van der Waals surface area contributed by atoms with E-state index in [0.29, 0.717) is 23.3 Å². The molecule has 0 unspecified atom stereocenters. The van der Waals surface area contributed by atoms with E-state index in [1.807, 2.05) is 50.2 Å². The Balaban J connectivity index is 1.40. The van der Waals surface area contributed by atoms with Gasteiger partial charge in [0.25, 0.3) is 5.91 Å². The maximum Gasteiger partial charge on any atom is 0.364 e. The first-order valence-electron chi connectivity index (χ1n) is 12.8. The van der Waals surface area contributed by atoms with Crippen LogP contribution in [0.1, 0.15) is 42.6 Å². The average molecular weight is 530 g/mol. The summed E-state index contributed by atoms with van der Waals surface area (Å²) in [4.78, 5) is 25.9. The quantitative estimate of drug-likeness (QED) is 0.294. The van der Waals surface area contributed by atoms with E-state index in [4.69, 9.17) is 18.6 Å². The van der Waals surface area contributed by atoms with Crippen LogP contribution in [0.25, 0.3) is 22.1 Å². The fraction of sp³-hybridized carbons (Fsp3) is 0.290. The van der Waals surface area contributed by atoms with E-state index in [1.54, 1.807) is 44.4 Å². The molecule has 1 aromatic heterocycles. The summed E-state index contributed by atoms with van der Waals surface area (Å²) in [5, 5.41) is 13.8. The lowest BCUT2D eigenvalue weighted by atomic mass is 9.94. The van der Waals surface area contributed by atoms with Crippen LogP contribution in [-0.4, -0.2) is 36.1 Å². The van der Waals surface area contributed by atoms with E-state index in [1.165, 1.54) is 0 Å². The van der Waals surface area contributed by atoms with Crippen molar-refractivity contribution in [2.75, 3.05) is 12.4 Å². The highest BCUT2D eigenvalue weighted by Crippen LogP contribution is 2.37. The molecule has 1 amide bonds. The first-order valence-corrected chi connectivity index (χ1v) is 12.8. The topological polar surface area (TPSA) is 107 Å². The molecule has 1 aliphatic heterocycles. The summed E-state index contributed by atoms with van der Waals surface area (Å²) in [5.74, 6) is -0.449. The molecular formula is C31H31NO7. The van der Waals surface area contributed by atoms with Gasteiger partial charge in [0.2, 0.25) is 6.29 Å². The Morgan fingerprint density at radius 1 is 1.03 bits per heavy atom. The monoisotopic (exact) mass is 529 g/mol. The number of hydrogen-bond acceptors (Lipinski definition) is 7. The van der Waals surface area contributed by atoms with Gasteiger partial charge in [-0.1, -0.05) is 42.5 Å². The number of carbonyl (C=O) groups excluding carboxylic acids is 1. The standard InChI is InChI=1S/C31H31NO7/c1-18-23(37-25-16-15-24(36-4)31(2,3)39-25)14-13-22-27(33)26(30(35)38-28(18)22)32-29(34)21-12-8-11-20(17-21)19-9-6-5-7-10-19/h5-14,17,24-25,33H,15-16H2,1-4H3,(H,32,34)/t24-,25-/m1/s1. The smallest absolute Gasteiger partial charge is 0.364 e. The molecule has 4 aromatic rings. The van der Waals surface area contributed by atoms with Crippen molar-refractivity contribution in [3.8, 4) is 22.6 Å². The molecule has 5 rings (SSSR count). The van der Waals surface area contributed by atoms with Crippen molar-refractivity contribution in [1.29, 1.82) is 0 Å². The average Bonchev–Trinajstić information content (AvgIpc) is 2.93. The highest BCUT2D eigenvalue weighted by molar-refractivity contribution is 6.07. The molecule has 202 valence electrons. The third-order valence-electron chi connectivity index (χ3n) is 7.14. The van der Waals surface area contributed by atoms with Crippen LogP contribution in [-0.2, 0) is 9.47 Å². The Morgan fingerprint density at radius 2 is 1.77 bits per heavy atom. The lowest BCUT2D eigenvalue weighted by molar-refractivity contribution is -0.233. The largest absolute Gasteiger partial charge is 0.505 e. The van der Waals surface area contributed by atoms with Gasteiger partial charge >= 0.3 is 5.63 Å². The number of benzene rings is 3. The second-order valence-electron chi connectivity index (χ2n) is 10.1. The SMILES string of the molecule is CO[C@@H]1CC[C@H](Oc2ccc3c(O)c(NC(=O)c4cccc(-c5ccccc5)c4)c(=O)oc3c2C)OC1(C)C. The minimum atomic E-state index is -0.870. The van der Waals surface area contributed by atoms with E-state index < -0.39 is 23.4 Å². The third-order valence-corrected chi connectivity index (χ3v) is 7.14. The molecule has 39 heavy (non-hydrogen) atoms. The second kappa shape index (κ2) is 10.6. The molecule has 2 N–H and O–H groups in total. The van der Waals surface area contributed by atoms with Gasteiger partial charge in [-0.3, -0.25) is 4.79 Å². The van der Waals surface area contributed by atoms with Gasteiger partial charge in [-0.2, -0.15) is 0 Å². The lowest BCUT2D eigenvalue weighted by Gasteiger charge is -2.41. The molecule has 2 atom stereocenters. The number of aromatic hydroxyl groups is 1. The van der Waals surface area contributed by atoms with Gasteiger partial charge < -0.3 is 29.1 Å². The van der Waals surface area contributed by atoms with Crippen molar-refractivity contribution < 1.29 is 28.5 Å². The minimum absolute atomic E-state index is 0.0422. The molecule has 2 heterocycles. The molecule has 0 radical (unpaired) electrons. The van der Waals surface area contributed by atoms with Crippen LogP contribution in [0.15, 0.2) is 75.9 Å². The van der Waals surface area contributed by atoms with Crippen LogP contribution in [0.2, 0.25) is 0 Å². The Hall–Kier alpha value is -4.14. The number of hydrogen-bond donors (Lipinski definition) is 2. The van der Waals surface area contributed by atoms with Crippen LogP contribution < -0.4 is 15.7 Å². The second-order valence-corrected chi connectivity index (χ2v) is 10.1. The van der Waals surface area contributed by atoms with Gasteiger partial charge in [-0.15, -0.1) is 0 Å². The third kappa shape index (κ3) is 5.26. The zero-order chi connectivity index (χ0) is 27.7. The molecule has 8 nitrogen and oxygen atoms in total. The summed E-state index contributed by atoms with van der Waals surface area (Å²) >= 11 is 0. The number of rotatable bonds is 6. The number of carbonyl (C=O) groups is 1. The molecule has 0 bridgehead atoms. The van der Waals surface area contributed by atoms with Crippen molar-refractivity contribution in [1.82, 2.24) is 0 Å². The van der Waals surface area contributed by atoms with Crippen LogP contribution in [0.5, 0.6) is 11.5 Å². The summed E-state index contributed by atoms with van der Waals surface area (Å²) in [6.45, 7) is 5.64. The Morgan fingerprint density at radius 3 is 2.49 bits per heavy atom. The fourth-order valence-electron chi connectivity index (χ4n) is 5.00. The van der Waals surface area contributed by atoms with Gasteiger partial charge in [-0.05, 0) is 62.6 Å². The molecular weight excluding hydrogens is 498 g/mol. The number of anilines is 1. The van der Waals surface area contributed by atoms with Crippen molar-refractivity contribution in [3.63, 3.8) is 0 Å². The Kier molecular flexibility index (Phi) is 7.16. The summed E-state index contributed by atoms with van der Waals surface area (Å²) in [5.41, 5.74) is 1.12. The highest BCUT2D eigenvalue weighted by atomic mass is 16.7. The van der Waals surface area contributed by atoms with Crippen LogP contribution in [0, 0.1) is 6.92 Å². The number of methoxy groups -OCH3 is 1. The molecule has 0 saturated carbocycles. The Bertz CT molecular complexity index is 1580. The fourth-order valence-corrected chi connectivity index (χ4v) is 5.00. The molecule has 8 heteroatoms. The first-order chi connectivity index (χ1) is 18.7. The van der Waals surface area contributed by atoms with Crippen molar-refractivity contribution in [2.45, 2.75) is 51.6 Å². The molecule has 1 fully saturated rings. The van der Waals surface area contributed by atoms with Crippen molar-refractivity contribution >= 4 is 22.6 Å². The predicted molar refractivity (Wildman–Crippen MR) is 148 cm³/mol. The van der Waals surface area contributed by atoms with Gasteiger partial charge in [0.1, 0.15) is 11.3 Å². The zero-order valence-corrected chi connectivity index (χ0v) is 22.3. The Labute approximate surface area is 226 Å². The van der Waals surface area contributed by atoms with Gasteiger partial charge in [0.05, 0.1) is 17.1 Å². The summed E-state index contributed by atoms with van der Waals surface area (Å²) in [7, 11) is 1.66. The van der Waals surface area contributed by atoms with Crippen molar-refractivity contribution in [3.05, 3.63) is 88.3 Å². The summed E-state index contributed by atoms with van der Waals surface area (Å²) in [6, 6.07) is 19.9. The highest BCUT2D eigenvalue weighted by Gasteiger charge is 2.39. The molecule has 0 aliphatic carbocycles. The normalized spacial score (nSPS) is 18.6. The number of ether oxygens (including phenoxy) is 3. The number of amides is 1. The number of fused-ring (bicyclic) bond motifs is 1. The molecule has 1 aliphatic rings. The maximum atomic E-state index is 13.0. The van der Waals surface area contributed by atoms with Crippen LogP contribution >= 0.6 is 0 Å². The maximum absolute atomic E-state index is 13.0. The van der Waals surface area contributed by atoms with E-state index in [0.717, 1.165) is 17.5 Å². The number of aryl methyl sites for hydroxylation is 1. The molecule has 0 spiro atoms. The van der Waals surface area contributed by atoms with Crippen LogP contribution in [0.3, 0.4) is 0 Å². The van der Waals surface area contributed by atoms with Gasteiger partial charge in [0.15, 0.2) is 11.4 Å². The molecule has 3 aromatic carbocycles. The minimum Gasteiger partial charge on any atom is -0.505 e. The zero-order valence-electron chi connectivity index (χ0n) is 22.3. The summed E-state index contributed by atoms with van der Waals surface area (Å²) in [6.07, 6.45) is 0.853. The van der Waals surface area contributed by atoms with E-state index in [9.17, 15) is 14.7 Å². The summed E-state index contributed by atoms with van der Waals surface area (Å²) < 4.78 is 23.3.